The van der Waals surface area contributed by atoms with Crippen LogP contribution in [0.3, 0.4) is 0 Å². The number of H-pyrrole nitrogens is 1. The molecular formula is C21H27N7O13P2S. The topological polar surface area (TPSA) is 284 Å². The molecule has 2 bridgehead atoms. The van der Waals surface area contributed by atoms with E-state index in [1.165, 1.54) is 10.9 Å². The lowest BCUT2D eigenvalue weighted by Gasteiger charge is -2.34. The van der Waals surface area contributed by atoms with Crippen molar-refractivity contribution >= 4 is 43.3 Å². The van der Waals surface area contributed by atoms with Gasteiger partial charge in [-0.2, -0.15) is 0 Å². The molecule has 44 heavy (non-hydrogen) atoms. The van der Waals surface area contributed by atoms with Gasteiger partial charge in [0.05, 0.1) is 19.5 Å². The normalized spacial score (nSPS) is 37.5. The molecule has 240 valence electrons. The predicted octanol–water partition coefficient (Wildman–Crippen LogP) is -2.75. The zero-order valence-electron chi connectivity index (χ0n) is 22.8. The number of aromatic amines is 1. The minimum atomic E-state index is -5.33. The number of fused-ring (bicyclic) bond motifs is 4. The highest BCUT2D eigenvalue weighted by atomic mass is 32.5. The summed E-state index contributed by atoms with van der Waals surface area (Å²) in [6, 6.07) is 0.956. The number of rotatable bonds is 2. The van der Waals surface area contributed by atoms with Gasteiger partial charge in [0.25, 0.3) is 13.4 Å². The molecule has 3 aromatic rings. The van der Waals surface area contributed by atoms with Crippen LogP contribution in [0.4, 0.5) is 5.82 Å². The van der Waals surface area contributed by atoms with E-state index in [4.69, 9.17) is 45.1 Å². The quantitative estimate of drug-likeness (QED) is 0.158. The van der Waals surface area contributed by atoms with Crippen molar-refractivity contribution in [2.75, 3.05) is 18.9 Å². The van der Waals surface area contributed by atoms with E-state index in [2.05, 4.69) is 15.0 Å². The van der Waals surface area contributed by atoms with Gasteiger partial charge in [0.2, 0.25) is 0 Å². The number of anilines is 1. The van der Waals surface area contributed by atoms with Crippen LogP contribution in [-0.2, 0) is 43.9 Å². The maximum Gasteiger partial charge on any atom is 0.330 e. The van der Waals surface area contributed by atoms with E-state index in [1.807, 2.05) is 4.98 Å². The van der Waals surface area contributed by atoms with Crippen molar-refractivity contribution in [3.05, 3.63) is 60.6 Å². The first-order valence-corrected chi connectivity index (χ1v) is 16.0. The lowest BCUT2D eigenvalue weighted by Crippen LogP contribution is -2.40. The number of imidazole rings is 1. The van der Waals surface area contributed by atoms with Gasteiger partial charge < -0.3 is 53.3 Å². The van der Waals surface area contributed by atoms with Crippen LogP contribution in [0, 0.1) is 14.9 Å². The van der Waals surface area contributed by atoms with Gasteiger partial charge in [-0.3, -0.25) is 23.5 Å². The molecule has 3 aliphatic heterocycles. The summed E-state index contributed by atoms with van der Waals surface area (Å²) in [7, 11) is -5.33. The molecule has 2 unspecified atom stereocenters. The zero-order chi connectivity index (χ0) is 30.0. The number of aliphatic hydroxyl groups is 2. The summed E-state index contributed by atoms with van der Waals surface area (Å²) in [6.07, 6.45) is -9.20. The highest BCUT2D eigenvalue weighted by Gasteiger charge is 2.51. The molecule has 3 saturated heterocycles. The average molecular weight is 679 g/mol. The van der Waals surface area contributed by atoms with Crippen molar-refractivity contribution in [3.63, 3.8) is 0 Å². The summed E-state index contributed by atoms with van der Waals surface area (Å²) in [4.78, 5) is 63.9. The van der Waals surface area contributed by atoms with E-state index < -0.39 is 88.1 Å². The number of nitrogens with one attached hydrogen (secondary N) is 1. The van der Waals surface area contributed by atoms with Gasteiger partial charge in [0.15, 0.2) is 23.9 Å². The summed E-state index contributed by atoms with van der Waals surface area (Å²) < 4.78 is 47.1. The van der Waals surface area contributed by atoms with Crippen molar-refractivity contribution in [1.29, 1.82) is 0 Å². The molecule has 5 N–H and O–H groups in total. The molecule has 6 heterocycles. The molecule has 20 nitrogen and oxygen atoms in total. The van der Waals surface area contributed by atoms with Crippen LogP contribution in [0.15, 0.2) is 34.5 Å². The molecule has 0 radical (unpaired) electrons. The molecule has 0 amide bonds. The fourth-order valence-electron chi connectivity index (χ4n) is 4.78. The minimum Gasteiger partial charge on any atom is -0.780 e. The monoisotopic (exact) mass is 679 g/mol. The Morgan fingerprint density at radius 3 is 2.41 bits per heavy atom. The van der Waals surface area contributed by atoms with Crippen molar-refractivity contribution in [1.82, 2.24) is 29.1 Å². The van der Waals surface area contributed by atoms with Crippen LogP contribution >= 0.6 is 14.5 Å². The smallest absolute Gasteiger partial charge is 0.330 e. The first-order chi connectivity index (χ1) is 19.8. The fourth-order valence-corrected chi connectivity index (χ4v) is 7.13. The average Bonchev–Trinajstić information content (AvgIpc) is 3.57. The third-order valence-corrected chi connectivity index (χ3v) is 9.21. The van der Waals surface area contributed by atoms with Gasteiger partial charge in [-0.15, -0.1) is 0 Å². The molecule has 3 fully saturated rings. The van der Waals surface area contributed by atoms with Crippen LogP contribution < -0.4 is 26.8 Å². The first-order valence-electron chi connectivity index (χ1n) is 12.0. The molecule has 3 aromatic heterocycles. The van der Waals surface area contributed by atoms with E-state index in [-0.39, 0.29) is 31.8 Å². The number of nitrogens with zero attached hydrogens (tertiary/aromatic N) is 5. The number of nitrogen functional groups attached to an aromatic ring is 1. The van der Waals surface area contributed by atoms with Gasteiger partial charge in [0, 0.05) is 27.1 Å². The summed E-state index contributed by atoms with van der Waals surface area (Å²) in [6.45, 7) is -6.07. The molecule has 0 aliphatic carbocycles. The predicted molar refractivity (Wildman–Crippen MR) is 147 cm³/mol. The van der Waals surface area contributed by atoms with Gasteiger partial charge in [0.1, 0.15) is 55.2 Å². The number of phosphoric acid groups is 1. The van der Waals surface area contributed by atoms with Crippen LogP contribution in [0.5, 0.6) is 0 Å². The lowest BCUT2D eigenvalue weighted by molar-refractivity contribution is -0.238. The van der Waals surface area contributed by atoms with Crippen LogP contribution in [0.2, 0.25) is 0 Å². The van der Waals surface area contributed by atoms with Gasteiger partial charge in [-0.25, -0.2) is 19.7 Å². The Hall–Kier alpha value is -2.75. The largest absolute Gasteiger partial charge is 0.780 e. The molecule has 6 rings (SSSR count). The first kappa shape index (κ1) is 34.1. The second-order valence-corrected chi connectivity index (χ2v) is 13.4. The minimum absolute atomic E-state index is 0. The van der Waals surface area contributed by atoms with Crippen molar-refractivity contribution in [2.45, 2.75) is 49.1 Å². The Labute approximate surface area is 253 Å². The van der Waals surface area contributed by atoms with Gasteiger partial charge in [-0.1, -0.05) is 11.8 Å². The van der Waals surface area contributed by atoms with Gasteiger partial charge >= 0.3 is 5.69 Å². The van der Waals surface area contributed by atoms with Crippen LogP contribution in [-0.4, -0.2) is 89.1 Å². The van der Waals surface area contributed by atoms with E-state index >= 15 is 0 Å². The number of nitrogens with two attached hydrogens (primary N) is 1. The molecule has 10 atom stereocenters. The molecule has 0 spiro atoms. The number of ether oxygens (including phenoxy) is 2. The SMILES string of the molecule is Nc1ncnc2c1ncn2[C@@H]1O[C@@H]2COP(=O)([O-])O[C@@H]3[C@H](O)[C@@H](COP([O-])(=S)O[C@H]2[C@H]1O)O[C@H]3n1ccc(=O)[nH]c1=O.[CH3+].[CH3+]. The van der Waals surface area contributed by atoms with Crippen molar-refractivity contribution in [3.8, 4) is 0 Å². The number of phosphoric ester groups is 1. The van der Waals surface area contributed by atoms with E-state index in [1.54, 1.807) is 0 Å². The van der Waals surface area contributed by atoms with Crippen molar-refractivity contribution in [2.24, 2.45) is 0 Å². The Morgan fingerprint density at radius 2 is 1.68 bits per heavy atom. The summed E-state index contributed by atoms with van der Waals surface area (Å²) in [5.74, 6) is 0.0442. The van der Waals surface area contributed by atoms with E-state index in [9.17, 15) is 34.2 Å². The van der Waals surface area contributed by atoms with Gasteiger partial charge in [-0.05, 0) is 0 Å². The van der Waals surface area contributed by atoms with Crippen LogP contribution in [0.1, 0.15) is 12.5 Å². The molecule has 23 heteroatoms. The van der Waals surface area contributed by atoms with Crippen LogP contribution in [0.25, 0.3) is 11.2 Å². The highest BCUT2D eigenvalue weighted by molar-refractivity contribution is 8.06. The lowest BCUT2D eigenvalue weighted by atomic mass is 10.1. The third-order valence-electron chi connectivity index (χ3n) is 6.70. The third kappa shape index (κ3) is 6.33. The molecule has 3 aliphatic rings. The maximum absolute atomic E-state index is 13.2. The summed E-state index contributed by atoms with van der Waals surface area (Å²) >= 11 is 4.99. The highest BCUT2D eigenvalue weighted by Crippen LogP contribution is 2.50. The molecule has 0 saturated carbocycles. The second-order valence-electron chi connectivity index (χ2n) is 9.34. The van der Waals surface area contributed by atoms with E-state index in [0.29, 0.717) is 0 Å². The molecule has 0 aromatic carbocycles. The zero-order valence-corrected chi connectivity index (χ0v) is 25.4. The Morgan fingerprint density at radius 1 is 0.977 bits per heavy atom. The standard InChI is InChI=1S/C19H23N7O13P2S.2CH3/c20-15-10-16(22-5-21-15)26(6-23-10)17-12(29)13-8(37-17)4-34-40(31,32)38-14-11(28)7(3-35-41(33,42)39-13)36-18(14)25-2-1-9(27)24-19(25)30;;/h1-2,5-8,11-14,17-18,28-29H,3-4H2,(H,31,32)(H,33,42)(H2,20,21,22)(H,24,27,30);2*1H3/q;2*+1/p-2/t7-,8-,11-,12-,13-,14-,17-,18-,41?;;/m1../s1. The summed E-state index contributed by atoms with van der Waals surface area (Å²) in [5, 5.41) is 21.9. The van der Waals surface area contributed by atoms with E-state index in [0.717, 1.165) is 23.2 Å². The Kier molecular flexibility index (Phi) is 9.75. The summed E-state index contributed by atoms with van der Waals surface area (Å²) in [5.41, 5.74) is 4.41. The number of hydrogen-bond acceptors (Lipinski definition) is 18. The fraction of sp³-hybridized carbons (Fsp3) is 0.476. The van der Waals surface area contributed by atoms with Crippen molar-refractivity contribution < 1.29 is 52.1 Å². The number of aromatic nitrogens is 6. The second kappa shape index (κ2) is 12.6. The Bertz CT molecular complexity index is 1720. The maximum atomic E-state index is 13.2. The molecular weight excluding hydrogens is 652 g/mol. The number of aliphatic hydroxyl groups excluding tert-OH is 2. The number of hydrogen-bond donors (Lipinski definition) is 4. The Balaban J connectivity index is 0.00000221.